The van der Waals surface area contributed by atoms with E-state index in [4.69, 9.17) is 11.5 Å². The molecule has 0 aliphatic rings. The molecule has 7 atom stereocenters. The Morgan fingerprint density at radius 1 is 1.08 bits per heavy atom. The molecule has 0 aromatic carbocycles. The molecule has 12 heteroatoms. The summed E-state index contributed by atoms with van der Waals surface area (Å²) in [6.45, 7) is 34.7. The van der Waals surface area contributed by atoms with Crippen molar-refractivity contribution in [3.63, 3.8) is 0 Å². The molecule has 0 fully saturated rings. The summed E-state index contributed by atoms with van der Waals surface area (Å²) in [7, 11) is -3.77. The highest BCUT2D eigenvalue weighted by Crippen LogP contribution is 2.45. The van der Waals surface area contributed by atoms with E-state index in [1.807, 2.05) is 46.1 Å². The monoisotopic (exact) mass is 813 g/mol. The van der Waals surface area contributed by atoms with Gasteiger partial charge in [0.25, 0.3) is 0 Å². The maximum atomic E-state index is 14.6. The maximum absolute atomic E-state index is 14.6. The zero-order chi connectivity index (χ0) is 42.3. The van der Waals surface area contributed by atoms with Crippen molar-refractivity contribution in [2.45, 2.75) is 176 Å². The van der Waals surface area contributed by atoms with Gasteiger partial charge in [-0.1, -0.05) is 93.4 Å². The van der Waals surface area contributed by atoms with Gasteiger partial charge in [-0.3, -0.25) is 4.79 Å². The number of hydrogen-bond acceptors (Lipinski definition) is 8. The van der Waals surface area contributed by atoms with Gasteiger partial charge in [-0.25, -0.2) is 4.98 Å². The Labute approximate surface area is 333 Å². The van der Waals surface area contributed by atoms with E-state index in [9.17, 15) is 14.2 Å². The van der Waals surface area contributed by atoms with E-state index >= 15 is 0 Å². The summed E-state index contributed by atoms with van der Waals surface area (Å²) in [6, 6.07) is 0. The zero-order valence-electron chi connectivity index (χ0n) is 37.9. The Morgan fingerprint density at radius 3 is 2.12 bits per heavy atom. The lowest BCUT2D eigenvalue weighted by Gasteiger charge is -2.46. The molecule has 0 saturated heterocycles. The van der Waals surface area contributed by atoms with E-state index in [2.05, 4.69) is 99.6 Å². The molecular weight excluding hydrogens is 737 g/mol. The predicted octanol–water partition coefficient (Wildman–Crippen LogP) is 12.2. The van der Waals surface area contributed by atoms with Crippen molar-refractivity contribution in [1.82, 2.24) is 4.98 Å². The Hall–Kier alpha value is -0.551. The number of hydrogen-bond donors (Lipinski definition) is 0. The number of carbonyl (C=O) groups excluding carboxylic acids is 2. The van der Waals surface area contributed by atoms with Crippen LogP contribution >= 0.6 is 29.5 Å². The number of nitrogens with zero attached hydrogens (tertiary/aromatic N) is 1. The molecule has 0 N–H and O–H groups in total. The molecule has 1 heterocycles. The molecule has 0 bridgehead atoms. The van der Waals surface area contributed by atoms with Crippen molar-refractivity contribution in [3.8, 4) is 0 Å². The van der Waals surface area contributed by atoms with Gasteiger partial charge >= 0.3 is 0 Å². The number of rotatable bonds is 22. The molecule has 2 unspecified atom stereocenters. The van der Waals surface area contributed by atoms with Crippen LogP contribution in [0.5, 0.6) is 0 Å². The van der Waals surface area contributed by atoms with E-state index < -0.39 is 40.9 Å². The van der Waals surface area contributed by atoms with Crippen molar-refractivity contribution < 1.29 is 23.0 Å². The Kier molecular flexibility index (Phi) is 17.7. The molecule has 6 nitrogen and oxygen atoms in total. The first-order valence-electron chi connectivity index (χ1n) is 20.0. The lowest BCUT2D eigenvalue weighted by Crippen LogP contribution is -2.54. The summed E-state index contributed by atoms with van der Waals surface area (Å²) in [5.41, 5.74) is 2.14. The molecule has 1 aromatic heterocycles. The molecule has 297 valence electrons. The Balaban J connectivity index is 3.35. The van der Waals surface area contributed by atoms with Crippen LogP contribution in [0.1, 0.15) is 126 Å². The topological polar surface area (TPSA) is 82.6 Å². The summed E-state index contributed by atoms with van der Waals surface area (Å²) in [6.07, 6.45) is 7.09. The molecule has 0 aliphatic carbocycles. The molecular formula is C40H74BNO5PS2Si2. The highest BCUT2D eigenvalue weighted by molar-refractivity contribution is 8.58. The molecule has 0 spiro atoms. The van der Waals surface area contributed by atoms with Crippen LogP contribution in [0.15, 0.2) is 22.6 Å². The van der Waals surface area contributed by atoms with Crippen molar-refractivity contribution in [2.24, 2.45) is 23.2 Å². The number of aromatic nitrogens is 1. The zero-order valence-corrected chi connectivity index (χ0v) is 40.5. The van der Waals surface area contributed by atoms with Gasteiger partial charge in [0.2, 0.25) is 0 Å². The summed E-state index contributed by atoms with van der Waals surface area (Å²) in [5, 5.41) is 2.62. The SMILES string of the molecule is [2H]P(=O)([B][3H])SC(C(C)=Cc1csc(C)n1)[C@@H](C)C=C(C)CCC[C@H](C)[C@H](O[Si](C)(C)C(C)(C)C)[C@@H](C)C(=O)C(C)(C)[C@H](CC=O)O[Si](C)(C)C(C)(C)C. The molecule has 0 aliphatic heterocycles. The number of carbonyl (C=O) groups is 2. The fraction of sp³-hybridized carbons (Fsp3) is 0.775. The lowest BCUT2D eigenvalue weighted by atomic mass is 9.73. The Morgan fingerprint density at radius 2 is 1.63 bits per heavy atom. The van der Waals surface area contributed by atoms with E-state index in [-0.39, 0.29) is 45.5 Å². The second-order valence-corrected chi connectivity index (χ2v) is 32.3. The van der Waals surface area contributed by atoms with E-state index in [0.29, 0.717) is 0 Å². The second kappa shape index (κ2) is 20.0. The third-order valence-corrected chi connectivity index (χ3v) is 23.9. The highest BCUT2D eigenvalue weighted by atomic mass is 32.7. The van der Waals surface area contributed by atoms with Gasteiger partial charge in [0.05, 0.1) is 31.0 Å². The molecule has 0 saturated carbocycles. The molecule has 0 amide bonds. The third-order valence-electron chi connectivity index (χ3n) is 11.6. The lowest BCUT2D eigenvalue weighted by molar-refractivity contribution is -0.141. The predicted molar refractivity (Wildman–Crippen MR) is 237 cm³/mol. The summed E-state index contributed by atoms with van der Waals surface area (Å²) in [4.78, 5) is 31.2. The van der Waals surface area contributed by atoms with Gasteiger partial charge < -0.3 is 18.2 Å². The Bertz CT molecular complexity index is 1510. The number of ketones is 1. The van der Waals surface area contributed by atoms with Crippen LogP contribution in [-0.4, -0.2) is 61.3 Å². The van der Waals surface area contributed by atoms with Gasteiger partial charge in [-0.05, 0) is 95.5 Å². The average Bonchev–Trinajstić information content (AvgIpc) is 3.44. The summed E-state index contributed by atoms with van der Waals surface area (Å²) in [5.74, 6) is -0.252. The molecule has 1 aromatic rings. The smallest absolute Gasteiger partial charge is 0.192 e. The van der Waals surface area contributed by atoms with Crippen LogP contribution in [0.3, 0.4) is 0 Å². The number of aryl methyl sites for hydroxylation is 1. The second-order valence-electron chi connectivity index (χ2n) is 18.7. The number of thiazole rings is 1. The summed E-state index contributed by atoms with van der Waals surface area (Å²) >= 11 is 2.64. The van der Waals surface area contributed by atoms with Gasteiger partial charge in [-0.2, -0.15) is 0 Å². The molecule has 52 heavy (non-hydrogen) atoms. The fourth-order valence-electron chi connectivity index (χ4n) is 6.19. The normalized spacial score (nSPS) is 19.4. The number of allylic oxidation sites excluding steroid dienone is 2. The van der Waals surface area contributed by atoms with Gasteiger partial charge in [0.15, 0.2) is 24.2 Å². The highest BCUT2D eigenvalue weighted by Gasteiger charge is 2.49. The quantitative estimate of drug-likeness (QED) is 0.0499. The van der Waals surface area contributed by atoms with Crippen LogP contribution in [0.4, 0.5) is 0 Å². The summed E-state index contributed by atoms with van der Waals surface area (Å²) < 4.78 is 42.6. The van der Waals surface area contributed by atoms with Gasteiger partial charge in [0, 0.05) is 28.4 Å². The number of aldehydes is 1. The first-order valence-corrected chi connectivity index (χ1v) is 28.5. The molecule has 1 rings (SSSR count). The first-order chi connectivity index (χ1) is 24.3. The van der Waals surface area contributed by atoms with Crippen LogP contribution in [0, 0.1) is 30.1 Å². The third kappa shape index (κ3) is 14.5. The van der Waals surface area contributed by atoms with Crippen LogP contribution in [0.2, 0.25) is 36.3 Å². The van der Waals surface area contributed by atoms with Crippen molar-refractivity contribution >= 4 is 71.9 Å². The van der Waals surface area contributed by atoms with Crippen LogP contribution in [0.25, 0.3) is 6.08 Å². The van der Waals surface area contributed by atoms with E-state index in [1.165, 1.54) is 5.57 Å². The first kappa shape index (κ1) is 45.8. The maximum Gasteiger partial charge on any atom is 0.192 e. The standard InChI is InChI=1S/C40H74BNO5PS2Si2/c1-27(24-29(3)36(50-48(41)45)30(4)25-33-26-49-32(6)42-33)20-19-21-28(2)35(47-52(17,18)39(10,11)12)31(5)37(44)40(13,14)34(22-23-43)46-51(15,16)38(7,8)9/h23-26,28-29,31,34-36,41,48H,19-22H2,1-18H3/t28-,29-,31+,34-,35-,36?/m0/s1/i41T,48D. The number of Topliss-reactive ketones (excluding diaryl/α,β-unsaturated/α-hetero) is 1. The van der Waals surface area contributed by atoms with Crippen LogP contribution < -0.4 is 0 Å². The van der Waals surface area contributed by atoms with Crippen LogP contribution in [-0.2, 0) is 23.0 Å². The molecule has 1 radical (unpaired) electrons. The minimum absolute atomic E-state index is 0.0237. The largest absolute Gasteiger partial charge is 0.413 e. The van der Waals surface area contributed by atoms with Gasteiger partial charge in [0.1, 0.15) is 12.1 Å². The minimum Gasteiger partial charge on any atom is -0.413 e. The van der Waals surface area contributed by atoms with E-state index in [1.54, 1.807) is 11.3 Å². The van der Waals surface area contributed by atoms with Gasteiger partial charge in [-0.15, -0.1) is 22.7 Å². The van der Waals surface area contributed by atoms with E-state index in [0.717, 1.165) is 60.7 Å². The fourth-order valence-corrected chi connectivity index (χ4v) is 12.2. The minimum atomic E-state index is -3.55. The van der Waals surface area contributed by atoms with Crippen molar-refractivity contribution in [3.05, 3.63) is 33.3 Å². The van der Waals surface area contributed by atoms with Crippen molar-refractivity contribution in [1.29, 1.82) is 2.61 Å². The average molecular weight is 814 g/mol. The van der Waals surface area contributed by atoms with Crippen molar-refractivity contribution in [2.75, 3.05) is 0 Å².